The lowest BCUT2D eigenvalue weighted by Crippen LogP contribution is -2.30. The van der Waals surface area contributed by atoms with Crippen molar-refractivity contribution in [1.29, 1.82) is 0 Å². The molecule has 0 bridgehead atoms. The van der Waals surface area contributed by atoms with Gasteiger partial charge < -0.3 is 15.8 Å². The zero-order valence-corrected chi connectivity index (χ0v) is 13.8. The summed E-state index contributed by atoms with van der Waals surface area (Å²) >= 11 is 6.61. The molecule has 0 unspecified atom stereocenters. The zero-order chi connectivity index (χ0) is 17.1. The number of ether oxygens (including phenoxy) is 1. The average molecular weight is 358 g/mol. The molecule has 1 aromatic carbocycles. The van der Waals surface area contributed by atoms with Gasteiger partial charge in [-0.3, -0.25) is 4.79 Å². The second-order valence-electron chi connectivity index (χ2n) is 4.67. The summed E-state index contributed by atoms with van der Waals surface area (Å²) in [6, 6.07) is 3.72. The number of nitrogens with two attached hydrogens (primary N) is 1. The van der Waals surface area contributed by atoms with Crippen molar-refractivity contribution in [2.45, 2.75) is 20.0 Å². The van der Waals surface area contributed by atoms with Crippen molar-refractivity contribution >= 4 is 45.7 Å². The molecule has 3 N–H and O–H groups in total. The Kier molecular flexibility index (Phi) is 5.17. The van der Waals surface area contributed by atoms with Crippen molar-refractivity contribution in [1.82, 2.24) is 4.37 Å². The molecule has 0 aliphatic carbocycles. The highest BCUT2D eigenvalue weighted by atomic mass is 35.5. The fourth-order valence-corrected chi connectivity index (χ4v) is 2.56. The Hall–Kier alpha value is -2.19. The number of nitrogen functional groups attached to an aromatic ring is 1. The number of hydrogen-bond donors (Lipinski definition) is 2. The molecule has 0 spiro atoms. The highest BCUT2D eigenvalue weighted by molar-refractivity contribution is 7.10. The SMILES string of the molecule is Cc1nsc(N)c1C(=O)O[C@H](C)C(=O)Nc1ccc(F)c(Cl)c1. The molecule has 1 heterocycles. The first-order chi connectivity index (χ1) is 10.8. The monoisotopic (exact) mass is 357 g/mol. The summed E-state index contributed by atoms with van der Waals surface area (Å²) in [4.78, 5) is 24.0. The molecule has 23 heavy (non-hydrogen) atoms. The Morgan fingerprint density at radius 3 is 2.74 bits per heavy atom. The van der Waals surface area contributed by atoms with Gasteiger partial charge in [0.05, 0.1) is 10.7 Å². The third-order valence-corrected chi connectivity index (χ3v) is 3.99. The lowest BCUT2D eigenvalue weighted by Gasteiger charge is -2.13. The van der Waals surface area contributed by atoms with Crippen LogP contribution in [-0.4, -0.2) is 22.4 Å². The summed E-state index contributed by atoms with van der Waals surface area (Å²) in [6.45, 7) is 3.03. The van der Waals surface area contributed by atoms with Gasteiger partial charge in [0.15, 0.2) is 6.10 Å². The molecular weight excluding hydrogens is 345 g/mol. The molecule has 1 amide bonds. The van der Waals surface area contributed by atoms with E-state index in [4.69, 9.17) is 22.1 Å². The minimum Gasteiger partial charge on any atom is -0.449 e. The van der Waals surface area contributed by atoms with Crippen LogP contribution in [0, 0.1) is 12.7 Å². The average Bonchev–Trinajstić information content (AvgIpc) is 2.82. The number of aromatic nitrogens is 1. The summed E-state index contributed by atoms with van der Waals surface area (Å²) in [6.07, 6.45) is -1.08. The second-order valence-corrected chi connectivity index (χ2v) is 5.89. The molecule has 0 radical (unpaired) electrons. The van der Waals surface area contributed by atoms with Crippen LogP contribution in [0.1, 0.15) is 23.0 Å². The van der Waals surface area contributed by atoms with E-state index in [9.17, 15) is 14.0 Å². The number of rotatable bonds is 4. The summed E-state index contributed by atoms with van der Waals surface area (Å²) in [5, 5.41) is 2.58. The van der Waals surface area contributed by atoms with Crippen LogP contribution >= 0.6 is 23.1 Å². The fourth-order valence-electron chi connectivity index (χ4n) is 1.73. The van der Waals surface area contributed by atoms with E-state index in [0.717, 1.165) is 17.6 Å². The molecule has 0 saturated carbocycles. The normalized spacial score (nSPS) is 11.8. The number of hydrogen-bond acceptors (Lipinski definition) is 6. The van der Waals surface area contributed by atoms with Crippen molar-refractivity contribution in [2.24, 2.45) is 0 Å². The lowest BCUT2D eigenvalue weighted by molar-refractivity contribution is -0.123. The van der Waals surface area contributed by atoms with Gasteiger partial charge in [-0.25, -0.2) is 9.18 Å². The lowest BCUT2D eigenvalue weighted by atomic mass is 10.2. The van der Waals surface area contributed by atoms with E-state index in [1.807, 2.05) is 0 Å². The molecule has 0 aliphatic rings. The number of halogens is 2. The predicted octanol–water partition coefficient (Wildman–Crippen LogP) is 3.01. The van der Waals surface area contributed by atoms with E-state index in [1.165, 1.54) is 19.1 Å². The minimum absolute atomic E-state index is 0.125. The molecular formula is C14H13ClFN3O3S. The fraction of sp³-hybridized carbons (Fsp3) is 0.214. The van der Waals surface area contributed by atoms with E-state index in [2.05, 4.69) is 9.69 Å². The number of nitrogens with zero attached hydrogens (tertiary/aromatic N) is 1. The second kappa shape index (κ2) is 6.93. The number of benzene rings is 1. The molecule has 9 heteroatoms. The standard InChI is InChI=1S/C14H13ClFN3O3S/c1-6-11(12(17)23-19-6)14(21)22-7(2)13(20)18-8-3-4-10(16)9(15)5-8/h3-5,7H,17H2,1-2H3,(H,18,20)/t7-/m1/s1. The maximum Gasteiger partial charge on any atom is 0.343 e. The quantitative estimate of drug-likeness (QED) is 0.820. The van der Waals surface area contributed by atoms with Crippen LogP contribution < -0.4 is 11.1 Å². The number of carbonyl (C=O) groups is 2. The Bertz CT molecular complexity index is 746. The summed E-state index contributed by atoms with van der Waals surface area (Å²) in [5.74, 6) is -1.91. The van der Waals surface area contributed by atoms with Gasteiger partial charge in [0.1, 0.15) is 16.4 Å². The van der Waals surface area contributed by atoms with Crippen LogP contribution in [0.2, 0.25) is 5.02 Å². The Morgan fingerprint density at radius 1 is 1.48 bits per heavy atom. The van der Waals surface area contributed by atoms with Gasteiger partial charge in [0.2, 0.25) is 0 Å². The number of esters is 1. The number of aryl methyl sites for hydroxylation is 1. The van der Waals surface area contributed by atoms with Gasteiger partial charge in [-0.2, -0.15) is 4.37 Å². The van der Waals surface area contributed by atoms with Crippen LogP contribution in [0.3, 0.4) is 0 Å². The van der Waals surface area contributed by atoms with E-state index < -0.39 is 23.8 Å². The van der Waals surface area contributed by atoms with Gasteiger partial charge in [-0.1, -0.05) is 11.6 Å². The smallest absolute Gasteiger partial charge is 0.343 e. The van der Waals surface area contributed by atoms with Crippen molar-refractivity contribution in [3.63, 3.8) is 0 Å². The van der Waals surface area contributed by atoms with E-state index >= 15 is 0 Å². The van der Waals surface area contributed by atoms with Crippen molar-refractivity contribution in [2.75, 3.05) is 11.1 Å². The molecule has 2 rings (SSSR count). The third kappa shape index (κ3) is 3.96. The Labute approximate surface area is 140 Å². The molecule has 122 valence electrons. The highest BCUT2D eigenvalue weighted by Gasteiger charge is 2.23. The first-order valence-corrected chi connectivity index (χ1v) is 7.63. The predicted molar refractivity (Wildman–Crippen MR) is 86.2 cm³/mol. The first kappa shape index (κ1) is 17.2. The van der Waals surface area contributed by atoms with Crippen LogP contribution in [0.5, 0.6) is 0 Å². The molecule has 6 nitrogen and oxygen atoms in total. The highest BCUT2D eigenvalue weighted by Crippen LogP contribution is 2.23. The zero-order valence-electron chi connectivity index (χ0n) is 12.2. The van der Waals surface area contributed by atoms with Crippen LogP contribution in [0.4, 0.5) is 15.1 Å². The van der Waals surface area contributed by atoms with Gasteiger partial charge in [-0.15, -0.1) is 0 Å². The minimum atomic E-state index is -1.08. The summed E-state index contributed by atoms with van der Waals surface area (Å²) in [5.41, 5.74) is 6.53. The summed E-state index contributed by atoms with van der Waals surface area (Å²) < 4.78 is 22.1. The van der Waals surface area contributed by atoms with Crippen molar-refractivity contribution < 1.29 is 18.7 Å². The number of nitrogens with one attached hydrogen (secondary N) is 1. The molecule has 1 aromatic heterocycles. The van der Waals surface area contributed by atoms with Crippen LogP contribution in [0.25, 0.3) is 0 Å². The Balaban J connectivity index is 2.02. The molecule has 0 fully saturated rings. The summed E-state index contributed by atoms with van der Waals surface area (Å²) in [7, 11) is 0. The molecule has 0 aliphatic heterocycles. The molecule has 2 aromatic rings. The van der Waals surface area contributed by atoms with Gasteiger partial charge in [-0.05, 0) is 43.6 Å². The number of carbonyl (C=O) groups excluding carboxylic acids is 2. The van der Waals surface area contributed by atoms with Crippen LogP contribution in [-0.2, 0) is 9.53 Å². The maximum absolute atomic E-state index is 13.1. The largest absolute Gasteiger partial charge is 0.449 e. The Morgan fingerprint density at radius 2 is 2.17 bits per heavy atom. The maximum atomic E-state index is 13.1. The van der Waals surface area contributed by atoms with Gasteiger partial charge in [0, 0.05) is 5.69 Å². The van der Waals surface area contributed by atoms with E-state index in [1.54, 1.807) is 6.92 Å². The van der Waals surface area contributed by atoms with Gasteiger partial charge in [0.25, 0.3) is 5.91 Å². The third-order valence-electron chi connectivity index (χ3n) is 2.93. The topological polar surface area (TPSA) is 94.3 Å². The number of amides is 1. The van der Waals surface area contributed by atoms with Crippen LogP contribution in [0.15, 0.2) is 18.2 Å². The van der Waals surface area contributed by atoms with Crippen molar-refractivity contribution in [3.8, 4) is 0 Å². The van der Waals surface area contributed by atoms with E-state index in [0.29, 0.717) is 5.69 Å². The van der Waals surface area contributed by atoms with Gasteiger partial charge >= 0.3 is 5.97 Å². The molecule has 1 atom stereocenters. The van der Waals surface area contributed by atoms with Crippen molar-refractivity contribution in [3.05, 3.63) is 40.3 Å². The molecule has 0 saturated heterocycles. The van der Waals surface area contributed by atoms with E-state index in [-0.39, 0.29) is 21.3 Å². The first-order valence-electron chi connectivity index (χ1n) is 6.48. The number of anilines is 2.